The number of anilines is 1. The monoisotopic (exact) mass is 220 g/mol. The Kier molecular flexibility index (Phi) is 3.17. The van der Waals surface area contributed by atoms with Gasteiger partial charge in [0, 0.05) is 31.2 Å². The van der Waals surface area contributed by atoms with Crippen LogP contribution in [0.5, 0.6) is 0 Å². The Hall–Kier alpha value is -1.06. The van der Waals surface area contributed by atoms with E-state index in [2.05, 4.69) is 43.1 Å². The summed E-state index contributed by atoms with van der Waals surface area (Å²) in [5.41, 5.74) is 8.57. The van der Waals surface area contributed by atoms with Crippen LogP contribution < -0.4 is 10.6 Å². The van der Waals surface area contributed by atoms with E-state index < -0.39 is 0 Å². The van der Waals surface area contributed by atoms with Crippen molar-refractivity contribution in [1.82, 2.24) is 0 Å². The minimum Gasteiger partial charge on any atom is -0.380 e. The molecule has 1 aliphatic rings. The molecular formula is C13H20N2O. The SMILES string of the molecule is Cc1ccccc1N(C)CC1(CN)COC1. The fourth-order valence-corrected chi connectivity index (χ4v) is 2.24. The van der Waals surface area contributed by atoms with E-state index in [0.29, 0.717) is 6.54 Å². The number of para-hydroxylation sites is 1. The molecule has 3 heteroatoms. The van der Waals surface area contributed by atoms with Gasteiger partial charge in [0.2, 0.25) is 0 Å². The third-order valence-electron chi connectivity index (χ3n) is 3.35. The van der Waals surface area contributed by atoms with E-state index in [9.17, 15) is 0 Å². The van der Waals surface area contributed by atoms with Gasteiger partial charge in [0.15, 0.2) is 0 Å². The second-order valence-electron chi connectivity index (χ2n) is 4.84. The van der Waals surface area contributed by atoms with Crippen LogP contribution >= 0.6 is 0 Å². The van der Waals surface area contributed by atoms with E-state index in [-0.39, 0.29) is 5.41 Å². The van der Waals surface area contributed by atoms with Crippen LogP contribution in [0.4, 0.5) is 5.69 Å². The maximum absolute atomic E-state index is 5.83. The summed E-state index contributed by atoms with van der Waals surface area (Å²) < 4.78 is 5.29. The molecule has 16 heavy (non-hydrogen) atoms. The van der Waals surface area contributed by atoms with E-state index in [0.717, 1.165) is 19.8 Å². The molecule has 1 heterocycles. The van der Waals surface area contributed by atoms with Crippen LogP contribution in [-0.4, -0.2) is 33.4 Å². The van der Waals surface area contributed by atoms with Crippen molar-refractivity contribution in [2.75, 3.05) is 38.3 Å². The van der Waals surface area contributed by atoms with Crippen molar-refractivity contribution >= 4 is 5.69 Å². The van der Waals surface area contributed by atoms with E-state index in [1.807, 2.05) is 0 Å². The molecule has 0 atom stereocenters. The van der Waals surface area contributed by atoms with E-state index in [4.69, 9.17) is 10.5 Å². The number of rotatable bonds is 4. The lowest BCUT2D eigenvalue weighted by Gasteiger charge is -2.43. The standard InChI is InChI=1S/C13H20N2O/c1-11-5-3-4-6-12(11)15(2)8-13(7-14)9-16-10-13/h3-6H,7-10,14H2,1-2H3. The van der Waals surface area contributed by atoms with Crippen LogP contribution in [-0.2, 0) is 4.74 Å². The predicted octanol–water partition coefficient (Wildman–Crippen LogP) is 1.41. The second kappa shape index (κ2) is 4.44. The van der Waals surface area contributed by atoms with Crippen LogP contribution in [0.25, 0.3) is 0 Å². The van der Waals surface area contributed by atoms with Gasteiger partial charge in [-0.25, -0.2) is 0 Å². The zero-order valence-corrected chi connectivity index (χ0v) is 10.1. The summed E-state index contributed by atoms with van der Waals surface area (Å²) in [5, 5.41) is 0. The molecule has 1 saturated heterocycles. The molecule has 88 valence electrons. The highest BCUT2D eigenvalue weighted by atomic mass is 16.5. The van der Waals surface area contributed by atoms with Crippen LogP contribution in [0.2, 0.25) is 0 Å². The predicted molar refractivity (Wildman–Crippen MR) is 66.8 cm³/mol. The van der Waals surface area contributed by atoms with Gasteiger partial charge < -0.3 is 15.4 Å². The Morgan fingerprint density at radius 2 is 2.06 bits per heavy atom. The average molecular weight is 220 g/mol. The molecule has 3 nitrogen and oxygen atoms in total. The summed E-state index contributed by atoms with van der Waals surface area (Å²) in [6, 6.07) is 8.43. The highest BCUT2D eigenvalue weighted by Gasteiger charge is 2.38. The summed E-state index contributed by atoms with van der Waals surface area (Å²) in [6.45, 7) is 5.38. The van der Waals surface area contributed by atoms with Gasteiger partial charge in [-0.3, -0.25) is 0 Å². The first-order valence-corrected chi connectivity index (χ1v) is 5.71. The lowest BCUT2D eigenvalue weighted by atomic mass is 9.85. The Labute approximate surface area is 97.2 Å². The normalized spacial score (nSPS) is 17.9. The first-order chi connectivity index (χ1) is 7.67. The van der Waals surface area contributed by atoms with Crippen molar-refractivity contribution in [3.8, 4) is 0 Å². The highest BCUT2D eigenvalue weighted by molar-refractivity contribution is 5.52. The van der Waals surface area contributed by atoms with Gasteiger partial charge in [-0.15, -0.1) is 0 Å². The number of nitrogens with zero attached hydrogens (tertiary/aromatic N) is 1. The molecule has 0 spiro atoms. The molecule has 0 aliphatic carbocycles. The quantitative estimate of drug-likeness (QED) is 0.833. The largest absolute Gasteiger partial charge is 0.380 e. The summed E-state index contributed by atoms with van der Waals surface area (Å²) in [7, 11) is 2.12. The second-order valence-corrected chi connectivity index (χ2v) is 4.84. The van der Waals surface area contributed by atoms with Gasteiger partial charge in [-0.05, 0) is 18.6 Å². The first-order valence-electron chi connectivity index (χ1n) is 5.71. The van der Waals surface area contributed by atoms with Gasteiger partial charge >= 0.3 is 0 Å². The van der Waals surface area contributed by atoms with Crippen molar-refractivity contribution < 1.29 is 4.74 Å². The van der Waals surface area contributed by atoms with Crippen LogP contribution in [0.1, 0.15) is 5.56 Å². The van der Waals surface area contributed by atoms with Gasteiger partial charge in [-0.1, -0.05) is 18.2 Å². The van der Waals surface area contributed by atoms with Gasteiger partial charge in [0.25, 0.3) is 0 Å². The smallest absolute Gasteiger partial charge is 0.0574 e. The first kappa shape index (κ1) is 11.4. The minimum absolute atomic E-state index is 0.164. The van der Waals surface area contributed by atoms with Crippen molar-refractivity contribution in [3.05, 3.63) is 29.8 Å². The number of benzene rings is 1. The van der Waals surface area contributed by atoms with Crippen molar-refractivity contribution in [2.45, 2.75) is 6.92 Å². The van der Waals surface area contributed by atoms with Crippen molar-refractivity contribution in [1.29, 1.82) is 0 Å². The number of hydrogen-bond donors (Lipinski definition) is 1. The molecule has 2 rings (SSSR count). The molecule has 0 bridgehead atoms. The summed E-state index contributed by atoms with van der Waals surface area (Å²) >= 11 is 0. The fourth-order valence-electron chi connectivity index (χ4n) is 2.24. The van der Waals surface area contributed by atoms with Gasteiger partial charge in [-0.2, -0.15) is 0 Å². The molecule has 0 radical (unpaired) electrons. The molecule has 0 aromatic heterocycles. The zero-order valence-electron chi connectivity index (χ0n) is 10.1. The third-order valence-corrected chi connectivity index (χ3v) is 3.35. The molecule has 1 fully saturated rings. The Bertz CT molecular complexity index is 355. The Morgan fingerprint density at radius 3 is 2.56 bits per heavy atom. The minimum atomic E-state index is 0.164. The Balaban J connectivity index is 2.08. The number of hydrogen-bond acceptors (Lipinski definition) is 3. The maximum Gasteiger partial charge on any atom is 0.0574 e. The third kappa shape index (κ3) is 2.06. The molecular weight excluding hydrogens is 200 g/mol. The van der Waals surface area contributed by atoms with Crippen LogP contribution in [0, 0.1) is 12.3 Å². The molecule has 0 saturated carbocycles. The fraction of sp³-hybridized carbons (Fsp3) is 0.538. The zero-order chi connectivity index (χ0) is 11.6. The lowest BCUT2D eigenvalue weighted by molar-refractivity contribution is -0.101. The molecule has 0 amide bonds. The van der Waals surface area contributed by atoms with Crippen LogP contribution in [0.3, 0.4) is 0 Å². The Morgan fingerprint density at radius 1 is 1.38 bits per heavy atom. The molecule has 0 unspecified atom stereocenters. The van der Waals surface area contributed by atoms with E-state index >= 15 is 0 Å². The molecule has 1 aromatic rings. The average Bonchev–Trinajstić information content (AvgIpc) is 2.24. The lowest BCUT2D eigenvalue weighted by Crippen LogP contribution is -2.54. The van der Waals surface area contributed by atoms with Gasteiger partial charge in [0.05, 0.1) is 13.2 Å². The number of ether oxygens (including phenoxy) is 1. The maximum atomic E-state index is 5.83. The molecule has 1 aliphatic heterocycles. The van der Waals surface area contributed by atoms with Crippen molar-refractivity contribution in [2.24, 2.45) is 11.1 Å². The molecule has 2 N–H and O–H groups in total. The summed E-state index contributed by atoms with van der Waals surface area (Å²) in [5.74, 6) is 0. The highest BCUT2D eigenvalue weighted by Crippen LogP contribution is 2.29. The van der Waals surface area contributed by atoms with Crippen LogP contribution in [0.15, 0.2) is 24.3 Å². The summed E-state index contributed by atoms with van der Waals surface area (Å²) in [4.78, 5) is 2.28. The van der Waals surface area contributed by atoms with E-state index in [1.165, 1.54) is 11.3 Å². The number of aryl methyl sites for hydroxylation is 1. The molecule has 1 aromatic carbocycles. The van der Waals surface area contributed by atoms with Gasteiger partial charge in [0.1, 0.15) is 0 Å². The topological polar surface area (TPSA) is 38.5 Å². The number of nitrogens with two attached hydrogens (primary N) is 1. The van der Waals surface area contributed by atoms with E-state index in [1.54, 1.807) is 0 Å². The summed E-state index contributed by atoms with van der Waals surface area (Å²) in [6.07, 6.45) is 0. The van der Waals surface area contributed by atoms with Crippen molar-refractivity contribution in [3.63, 3.8) is 0 Å².